The number of fused-ring (bicyclic) bond motifs is 2. The number of carbonyl (C=O) groups is 1. The van der Waals surface area contributed by atoms with E-state index in [2.05, 4.69) is 17.1 Å². The van der Waals surface area contributed by atoms with Crippen LogP contribution in [0.15, 0.2) is 53.5 Å². The first-order valence-electron chi connectivity index (χ1n) is 8.81. The monoisotopic (exact) mass is 349 g/mol. The summed E-state index contributed by atoms with van der Waals surface area (Å²) >= 11 is 0. The lowest BCUT2D eigenvalue weighted by molar-refractivity contribution is -0.133. The standard InChI is InChI=1S/C21H23N3O2/c1-14-9-10-17-16(11-14)21(18(25)24(3)19(22)23-21)13-20(2,26-17)12-15-7-5-4-6-8-15/h4-11H,12-13H2,1-3H3,(H2,22,23). The summed E-state index contributed by atoms with van der Waals surface area (Å²) in [6.07, 6.45) is 1.14. The molecule has 2 atom stereocenters. The van der Waals surface area contributed by atoms with Crippen LogP contribution in [0.25, 0.3) is 0 Å². The lowest BCUT2D eigenvalue weighted by Gasteiger charge is -2.43. The zero-order valence-electron chi connectivity index (χ0n) is 15.3. The van der Waals surface area contributed by atoms with Crippen molar-refractivity contribution < 1.29 is 9.53 Å². The van der Waals surface area contributed by atoms with Crippen LogP contribution < -0.4 is 10.5 Å². The van der Waals surface area contributed by atoms with Crippen molar-refractivity contribution in [2.75, 3.05) is 7.05 Å². The van der Waals surface area contributed by atoms with E-state index in [1.807, 2.05) is 50.2 Å². The number of guanidine groups is 1. The number of likely N-dealkylation sites (N-methyl/N-ethyl adjacent to an activating group) is 1. The zero-order chi connectivity index (χ0) is 18.5. The Hall–Kier alpha value is -2.82. The predicted molar refractivity (Wildman–Crippen MR) is 101 cm³/mol. The average Bonchev–Trinajstić information content (AvgIpc) is 2.81. The molecule has 0 radical (unpaired) electrons. The Balaban J connectivity index is 1.84. The smallest absolute Gasteiger partial charge is 0.261 e. The Morgan fingerprint density at radius 3 is 2.62 bits per heavy atom. The summed E-state index contributed by atoms with van der Waals surface area (Å²) in [4.78, 5) is 19.3. The van der Waals surface area contributed by atoms with Gasteiger partial charge in [0.25, 0.3) is 5.91 Å². The molecule has 5 heteroatoms. The van der Waals surface area contributed by atoms with E-state index < -0.39 is 11.1 Å². The third-order valence-corrected chi connectivity index (χ3v) is 5.30. The second-order valence-electron chi connectivity index (χ2n) is 7.59. The summed E-state index contributed by atoms with van der Waals surface area (Å²) in [6.45, 7) is 4.05. The van der Waals surface area contributed by atoms with Gasteiger partial charge in [-0.3, -0.25) is 9.69 Å². The molecule has 0 fully saturated rings. The van der Waals surface area contributed by atoms with E-state index in [-0.39, 0.29) is 11.9 Å². The normalized spacial score (nSPS) is 27.3. The van der Waals surface area contributed by atoms with Crippen LogP contribution in [0.4, 0.5) is 0 Å². The first kappa shape index (κ1) is 16.6. The molecule has 0 bridgehead atoms. The van der Waals surface area contributed by atoms with Gasteiger partial charge in [0.1, 0.15) is 11.4 Å². The molecular weight excluding hydrogens is 326 g/mol. The number of ether oxygens (including phenoxy) is 1. The lowest BCUT2D eigenvalue weighted by Crippen LogP contribution is -2.51. The topological polar surface area (TPSA) is 67.9 Å². The van der Waals surface area contributed by atoms with Crippen molar-refractivity contribution in [2.24, 2.45) is 10.7 Å². The fraction of sp³-hybridized carbons (Fsp3) is 0.333. The van der Waals surface area contributed by atoms with Crippen molar-refractivity contribution >= 4 is 11.9 Å². The van der Waals surface area contributed by atoms with E-state index in [9.17, 15) is 4.79 Å². The number of amides is 1. The number of carbonyl (C=O) groups excluding carboxylic acids is 1. The molecule has 1 spiro atoms. The molecule has 2 aliphatic rings. The Morgan fingerprint density at radius 2 is 1.96 bits per heavy atom. The van der Waals surface area contributed by atoms with Gasteiger partial charge in [-0.2, -0.15) is 0 Å². The first-order valence-corrected chi connectivity index (χ1v) is 8.81. The van der Waals surface area contributed by atoms with E-state index >= 15 is 0 Å². The zero-order valence-corrected chi connectivity index (χ0v) is 15.3. The summed E-state index contributed by atoms with van der Waals surface area (Å²) in [5, 5.41) is 0. The molecule has 0 saturated carbocycles. The van der Waals surface area contributed by atoms with Crippen molar-refractivity contribution in [3.8, 4) is 5.75 Å². The highest BCUT2D eigenvalue weighted by Gasteiger charge is 2.56. The van der Waals surface area contributed by atoms with Gasteiger partial charge in [0, 0.05) is 25.5 Å². The summed E-state index contributed by atoms with van der Waals surface area (Å²) < 4.78 is 6.40. The number of rotatable bonds is 2. The van der Waals surface area contributed by atoms with Gasteiger partial charge in [0.15, 0.2) is 11.5 Å². The van der Waals surface area contributed by atoms with Gasteiger partial charge in [-0.25, -0.2) is 4.99 Å². The van der Waals surface area contributed by atoms with Crippen LogP contribution in [0.1, 0.15) is 30.0 Å². The quantitative estimate of drug-likeness (QED) is 0.906. The predicted octanol–water partition coefficient (Wildman–Crippen LogP) is 2.76. The van der Waals surface area contributed by atoms with Crippen LogP contribution >= 0.6 is 0 Å². The van der Waals surface area contributed by atoms with Crippen LogP contribution in [-0.4, -0.2) is 29.4 Å². The molecule has 2 N–H and O–H groups in total. The molecule has 2 aromatic rings. The van der Waals surface area contributed by atoms with Crippen LogP contribution in [0, 0.1) is 6.92 Å². The number of nitrogens with zero attached hydrogens (tertiary/aromatic N) is 2. The van der Waals surface area contributed by atoms with Gasteiger partial charge in [0.05, 0.1) is 0 Å². The minimum Gasteiger partial charge on any atom is -0.487 e. The maximum absolute atomic E-state index is 13.2. The molecule has 5 nitrogen and oxygen atoms in total. The molecule has 26 heavy (non-hydrogen) atoms. The third-order valence-electron chi connectivity index (χ3n) is 5.30. The van der Waals surface area contributed by atoms with Crippen molar-refractivity contribution in [3.05, 3.63) is 65.2 Å². The molecule has 2 aromatic carbocycles. The highest BCUT2D eigenvalue weighted by molar-refractivity contribution is 6.07. The van der Waals surface area contributed by atoms with Crippen molar-refractivity contribution in [3.63, 3.8) is 0 Å². The van der Waals surface area contributed by atoms with Gasteiger partial charge >= 0.3 is 0 Å². The maximum atomic E-state index is 13.2. The molecule has 0 saturated heterocycles. The molecule has 4 rings (SSSR count). The Labute approximate surface area is 153 Å². The second kappa shape index (κ2) is 5.59. The fourth-order valence-corrected chi connectivity index (χ4v) is 4.11. The van der Waals surface area contributed by atoms with E-state index in [0.29, 0.717) is 18.6 Å². The third kappa shape index (κ3) is 2.46. The minimum absolute atomic E-state index is 0.0931. The van der Waals surface area contributed by atoms with Gasteiger partial charge in [-0.15, -0.1) is 0 Å². The highest BCUT2D eigenvalue weighted by Crippen LogP contribution is 2.49. The first-order chi connectivity index (χ1) is 12.3. The number of aryl methyl sites for hydroxylation is 1. The SMILES string of the molecule is Cc1ccc2c(c1)C1(CC(C)(Cc3ccccc3)O2)N=C(N)N(C)C1=O. The molecule has 134 valence electrons. The van der Waals surface area contributed by atoms with Gasteiger partial charge in [-0.1, -0.05) is 42.0 Å². The van der Waals surface area contributed by atoms with Gasteiger partial charge < -0.3 is 10.5 Å². The van der Waals surface area contributed by atoms with Crippen molar-refractivity contribution in [1.29, 1.82) is 0 Å². The van der Waals surface area contributed by atoms with Gasteiger partial charge in [0.2, 0.25) is 0 Å². The highest BCUT2D eigenvalue weighted by atomic mass is 16.5. The fourth-order valence-electron chi connectivity index (χ4n) is 4.11. The molecule has 0 aliphatic carbocycles. The molecular formula is C21H23N3O2. The second-order valence-corrected chi connectivity index (χ2v) is 7.59. The lowest BCUT2D eigenvalue weighted by atomic mass is 9.74. The van der Waals surface area contributed by atoms with E-state index in [1.54, 1.807) is 7.05 Å². The van der Waals surface area contributed by atoms with E-state index in [4.69, 9.17) is 10.5 Å². The minimum atomic E-state index is -1.01. The molecule has 2 aliphatic heterocycles. The summed E-state index contributed by atoms with van der Waals surface area (Å²) in [7, 11) is 1.68. The number of benzene rings is 2. The van der Waals surface area contributed by atoms with Gasteiger partial charge in [-0.05, 0) is 31.5 Å². The Morgan fingerprint density at radius 1 is 1.23 bits per heavy atom. The van der Waals surface area contributed by atoms with E-state index in [1.165, 1.54) is 4.90 Å². The van der Waals surface area contributed by atoms with Crippen molar-refractivity contribution in [2.45, 2.75) is 37.8 Å². The number of aliphatic imine (C=N–C) groups is 1. The number of hydrogen-bond acceptors (Lipinski definition) is 4. The molecule has 1 amide bonds. The number of nitrogens with two attached hydrogens (primary N) is 1. The Kier molecular flexibility index (Phi) is 3.58. The summed E-state index contributed by atoms with van der Waals surface area (Å²) in [6, 6.07) is 16.1. The molecule has 2 unspecified atom stereocenters. The number of hydrogen-bond donors (Lipinski definition) is 1. The maximum Gasteiger partial charge on any atom is 0.261 e. The molecule has 0 aromatic heterocycles. The summed E-state index contributed by atoms with van der Waals surface area (Å²) in [5.74, 6) is 0.872. The molecule has 2 heterocycles. The largest absolute Gasteiger partial charge is 0.487 e. The van der Waals surface area contributed by atoms with Crippen LogP contribution in [0.3, 0.4) is 0 Å². The Bertz CT molecular complexity index is 909. The van der Waals surface area contributed by atoms with E-state index in [0.717, 1.165) is 16.7 Å². The average molecular weight is 349 g/mol. The van der Waals surface area contributed by atoms with Crippen LogP contribution in [0.5, 0.6) is 5.75 Å². The van der Waals surface area contributed by atoms with Crippen LogP contribution in [0.2, 0.25) is 0 Å². The van der Waals surface area contributed by atoms with Crippen molar-refractivity contribution in [1.82, 2.24) is 4.90 Å². The van der Waals surface area contributed by atoms with Crippen LogP contribution in [-0.2, 0) is 16.8 Å². The summed E-state index contributed by atoms with van der Waals surface area (Å²) in [5.41, 5.74) is 7.49.